The lowest BCUT2D eigenvalue weighted by Gasteiger charge is -2.20. The van der Waals surface area contributed by atoms with Gasteiger partial charge in [-0.1, -0.05) is 39.0 Å². The number of carbonyl (C=O) groups excluding carboxylic acids is 1. The van der Waals surface area contributed by atoms with Crippen molar-refractivity contribution in [3.05, 3.63) is 34.9 Å². The molecule has 2 heteroatoms. The summed E-state index contributed by atoms with van der Waals surface area (Å²) in [7, 11) is 0. The first-order valence-electron chi connectivity index (χ1n) is 6.20. The number of hydrogen-bond donors (Lipinski definition) is 1. The molecule has 0 unspecified atom stereocenters. The van der Waals surface area contributed by atoms with Crippen LogP contribution in [0.25, 0.3) is 0 Å². The summed E-state index contributed by atoms with van der Waals surface area (Å²) in [6.45, 7) is 9.11. The number of benzene rings is 1. The molecule has 0 radical (unpaired) electrons. The second-order valence-electron chi connectivity index (χ2n) is 5.60. The molecule has 0 aliphatic rings. The standard InChI is InChI=1S/C15H23NO/c1-11-10-12(15(2,3)4)7-8-13(11)14(17)6-5-9-16/h7-8,10H,5-6,9,16H2,1-4H3. The third-order valence-corrected chi connectivity index (χ3v) is 3.00. The van der Waals surface area contributed by atoms with Gasteiger partial charge in [0.1, 0.15) is 0 Å². The third-order valence-electron chi connectivity index (χ3n) is 3.00. The smallest absolute Gasteiger partial charge is 0.163 e. The summed E-state index contributed by atoms with van der Waals surface area (Å²) in [5.41, 5.74) is 8.73. The van der Waals surface area contributed by atoms with Crippen LogP contribution in [0.2, 0.25) is 0 Å². The van der Waals surface area contributed by atoms with Gasteiger partial charge in [0.2, 0.25) is 0 Å². The van der Waals surface area contributed by atoms with Crippen molar-refractivity contribution < 1.29 is 4.79 Å². The van der Waals surface area contributed by atoms with Crippen molar-refractivity contribution in [2.75, 3.05) is 6.54 Å². The van der Waals surface area contributed by atoms with Crippen LogP contribution in [0, 0.1) is 6.92 Å². The molecule has 0 aliphatic heterocycles. The zero-order valence-corrected chi connectivity index (χ0v) is 11.3. The molecule has 0 aliphatic carbocycles. The summed E-state index contributed by atoms with van der Waals surface area (Å²) in [5, 5.41) is 0. The van der Waals surface area contributed by atoms with E-state index >= 15 is 0 Å². The Morgan fingerprint density at radius 1 is 1.29 bits per heavy atom. The molecule has 0 fully saturated rings. The van der Waals surface area contributed by atoms with E-state index in [-0.39, 0.29) is 11.2 Å². The molecule has 0 heterocycles. The maximum atomic E-state index is 11.9. The Kier molecular flexibility index (Phi) is 4.47. The molecule has 2 nitrogen and oxygen atoms in total. The number of carbonyl (C=O) groups is 1. The van der Waals surface area contributed by atoms with Crippen LogP contribution in [0.4, 0.5) is 0 Å². The highest BCUT2D eigenvalue weighted by Gasteiger charge is 2.16. The summed E-state index contributed by atoms with van der Waals surface area (Å²) >= 11 is 0. The van der Waals surface area contributed by atoms with Gasteiger partial charge in [0.05, 0.1) is 0 Å². The molecule has 0 saturated carbocycles. The normalized spacial score (nSPS) is 11.6. The van der Waals surface area contributed by atoms with Crippen molar-refractivity contribution in [3.8, 4) is 0 Å². The fraction of sp³-hybridized carbons (Fsp3) is 0.533. The van der Waals surface area contributed by atoms with E-state index in [0.29, 0.717) is 13.0 Å². The summed E-state index contributed by atoms with van der Waals surface area (Å²) in [6, 6.07) is 6.13. The Labute approximate surface area is 104 Å². The lowest BCUT2D eigenvalue weighted by molar-refractivity contribution is 0.0980. The molecule has 0 amide bonds. The van der Waals surface area contributed by atoms with Gasteiger partial charge in [0.15, 0.2) is 5.78 Å². The lowest BCUT2D eigenvalue weighted by atomic mass is 9.85. The van der Waals surface area contributed by atoms with Crippen LogP contribution < -0.4 is 5.73 Å². The second kappa shape index (κ2) is 5.46. The molecule has 1 aromatic rings. The SMILES string of the molecule is Cc1cc(C(C)(C)C)ccc1C(=O)CCCN. The average molecular weight is 233 g/mol. The summed E-state index contributed by atoms with van der Waals surface area (Å²) in [5.74, 6) is 0.202. The van der Waals surface area contributed by atoms with E-state index in [9.17, 15) is 4.79 Å². The van der Waals surface area contributed by atoms with E-state index in [1.807, 2.05) is 13.0 Å². The van der Waals surface area contributed by atoms with E-state index in [4.69, 9.17) is 5.73 Å². The van der Waals surface area contributed by atoms with Crippen LogP contribution in [0.1, 0.15) is 55.1 Å². The number of hydrogen-bond acceptors (Lipinski definition) is 2. The Balaban J connectivity index is 2.94. The van der Waals surface area contributed by atoms with Crippen molar-refractivity contribution in [1.29, 1.82) is 0 Å². The van der Waals surface area contributed by atoms with Gasteiger partial charge in [0.25, 0.3) is 0 Å². The van der Waals surface area contributed by atoms with Crippen molar-refractivity contribution in [2.24, 2.45) is 5.73 Å². The molecule has 0 atom stereocenters. The van der Waals surface area contributed by atoms with Gasteiger partial charge in [0, 0.05) is 12.0 Å². The first-order chi connectivity index (χ1) is 7.86. The van der Waals surface area contributed by atoms with Crippen molar-refractivity contribution in [1.82, 2.24) is 0 Å². The predicted molar refractivity (Wildman–Crippen MR) is 72.5 cm³/mol. The maximum Gasteiger partial charge on any atom is 0.163 e. The molecule has 17 heavy (non-hydrogen) atoms. The highest BCUT2D eigenvalue weighted by Crippen LogP contribution is 2.24. The highest BCUT2D eigenvalue weighted by molar-refractivity contribution is 5.97. The molecule has 0 aromatic heterocycles. The maximum absolute atomic E-state index is 11.9. The van der Waals surface area contributed by atoms with Crippen LogP contribution >= 0.6 is 0 Å². The number of aryl methyl sites for hydroxylation is 1. The average Bonchev–Trinajstić information content (AvgIpc) is 2.24. The minimum absolute atomic E-state index is 0.129. The predicted octanol–water partition coefficient (Wildman–Crippen LogP) is 3.21. The Bertz CT molecular complexity index is 402. The first kappa shape index (κ1) is 13.9. The van der Waals surface area contributed by atoms with E-state index in [1.165, 1.54) is 5.56 Å². The highest BCUT2D eigenvalue weighted by atomic mass is 16.1. The Hall–Kier alpha value is -1.15. The van der Waals surface area contributed by atoms with Crippen molar-refractivity contribution >= 4 is 5.78 Å². The van der Waals surface area contributed by atoms with E-state index in [0.717, 1.165) is 17.5 Å². The molecule has 2 N–H and O–H groups in total. The lowest BCUT2D eigenvalue weighted by Crippen LogP contribution is -2.13. The van der Waals surface area contributed by atoms with Crippen LogP contribution in [0.3, 0.4) is 0 Å². The number of Topliss-reactive ketones (excluding diaryl/α,β-unsaturated/α-hetero) is 1. The molecule has 0 bridgehead atoms. The van der Waals surface area contributed by atoms with Gasteiger partial charge in [-0.15, -0.1) is 0 Å². The molecule has 1 aromatic carbocycles. The minimum atomic E-state index is 0.129. The van der Waals surface area contributed by atoms with Gasteiger partial charge in [-0.2, -0.15) is 0 Å². The summed E-state index contributed by atoms with van der Waals surface area (Å²) in [6.07, 6.45) is 1.31. The summed E-state index contributed by atoms with van der Waals surface area (Å²) in [4.78, 5) is 11.9. The zero-order valence-electron chi connectivity index (χ0n) is 11.3. The van der Waals surface area contributed by atoms with Crippen LogP contribution in [0.15, 0.2) is 18.2 Å². The van der Waals surface area contributed by atoms with Gasteiger partial charge in [-0.25, -0.2) is 0 Å². The second-order valence-corrected chi connectivity index (χ2v) is 5.60. The fourth-order valence-corrected chi connectivity index (χ4v) is 1.84. The van der Waals surface area contributed by atoms with E-state index in [2.05, 4.69) is 32.9 Å². The number of ketones is 1. The van der Waals surface area contributed by atoms with Crippen molar-refractivity contribution in [2.45, 2.75) is 46.0 Å². The fourth-order valence-electron chi connectivity index (χ4n) is 1.84. The zero-order chi connectivity index (χ0) is 13.1. The number of nitrogens with two attached hydrogens (primary N) is 1. The van der Waals surface area contributed by atoms with Gasteiger partial charge >= 0.3 is 0 Å². The van der Waals surface area contributed by atoms with Gasteiger partial charge in [-0.3, -0.25) is 4.79 Å². The monoisotopic (exact) mass is 233 g/mol. The van der Waals surface area contributed by atoms with Gasteiger partial charge < -0.3 is 5.73 Å². The molecular weight excluding hydrogens is 210 g/mol. The topological polar surface area (TPSA) is 43.1 Å². The minimum Gasteiger partial charge on any atom is -0.330 e. The van der Waals surface area contributed by atoms with Crippen LogP contribution in [0.5, 0.6) is 0 Å². The Morgan fingerprint density at radius 3 is 2.41 bits per heavy atom. The van der Waals surface area contributed by atoms with Crippen LogP contribution in [-0.4, -0.2) is 12.3 Å². The van der Waals surface area contributed by atoms with Crippen molar-refractivity contribution in [3.63, 3.8) is 0 Å². The van der Waals surface area contributed by atoms with E-state index < -0.39 is 0 Å². The number of rotatable bonds is 4. The molecular formula is C15H23NO. The molecule has 0 saturated heterocycles. The molecule has 94 valence electrons. The molecule has 1 rings (SSSR count). The van der Waals surface area contributed by atoms with Crippen LogP contribution in [-0.2, 0) is 5.41 Å². The summed E-state index contributed by atoms with van der Waals surface area (Å²) < 4.78 is 0. The molecule has 0 spiro atoms. The van der Waals surface area contributed by atoms with Gasteiger partial charge in [-0.05, 0) is 36.4 Å². The largest absolute Gasteiger partial charge is 0.330 e. The third kappa shape index (κ3) is 3.67. The Morgan fingerprint density at radius 2 is 1.94 bits per heavy atom. The quantitative estimate of drug-likeness (QED) is 0.811. The van der Waals surface area contributed by atoms with E-state index in [1.54, 1.807) is 0 Å². The first-order valence-corrected chi connectivity index (χ1v) is 6.20.